The first-order valence-electron chi connectivity index (χ1n) is 14.7. The Balaban J connectivity index is 1.38. The Kier molecular flexibility index (Phi) is 7.97. The van der Waals surface area contributed by atoms with Crippen molar-refractivity contribution in [3.63, 3.8) is 0 Å². The van der Waals surface area contributed by atoms with Crippen LogP contribution in [0.15, 0.2) is 54.6 Å². The molecule has 0 fully saturated rings. The molecule has 2 aliphatic rings. The van der Waals surface area contributed by atoms with Gasteiger partial charge in [0.1, 0.15) is 40.4 Å². The van der Waals surface area contributed by atoms with Gasteiger partial charge in [0.05, 0.1) is 55.5 Å². The van der Waals surface area contributed by atoms with E-state index < -0.39 is 23.3 Å². The molecule has 0 spiro atoms. The Morgan fingerprint density at radius 3 is 2.43 bits per heavy atom. The van der Waals surface area contributed by atoms with Crippen molar-refractivity contribution in [2.45, 2.75) is 45.9 Å². The lowest BCUT2D eigenvalue weighted by Gasteiger charge is -2.24. The second-order valence-electron chi connectivity index (χ2n) is 12.0. The normalized spacial score (nSPS) is 13.8. The minimum Gasteiger partial charge on any atom is -0.497 e. The van der Waals surface area contributed by atoms with Crippen LogP contribution < -0.4 is 19.7 Å². The summed E-state index contributed by atoms with van der Waals surface area (Å²) in [6, 6.07) is 13.9. The number of nitrogens with zero attached hydrogens (tertiary/aromatic N) is 4. The van der Waals surface area contributed by atoms with Gasteiger partial charge in [0.25, 0.3) is 5.91 Å². The molecule has 0 saturated carbocycles. The molecule has 238 valence electrons. The van der Waals surface area contributed by atoms with Gasteiger partial charge in [0.15, 0.2) is 0 Å². The number of amides is 2. The van der Waals surface area contributed by atoms with Gasteiger partial charge in [-0.25, -0.2) is 23.5 Å². The first kappa shape index (κ1) is 30.8. The SMILES string of the molecule is COc1ccc(CN2Cc3nc(-c4c(F)cccc4F)cc(Nc4ccc5c(n4)N(C(=O)OC(C)(C)C)CC5)c3C2=O)c(OC)c1. The van der Waals surface area contributed by atoms with Crippen molar-refractivity contribution < 1.29 is 32.6 Å². The first-order chi connectivity index (χ1) is 22.0. The van der Waals surface area contributed by atoms with Gasteiger partial charge in [-0.05, 0) is 69.2 Å². The lowest BCUT2D eigenvalue weighted by atomic mass is 10.1. The number of hydrogen-bond acceptors (Lipinski definition) is 8. The van der Waals surface area contributed by atoms with Crippen LogP contribution in [0, 0.1) is 11.6 Å². The van der Waals surface area contributed by atoms with E-state index in [1.54, 1.807) is 51.0 Å². The molecular weight excluding hydrogens is 596 g/mol. The van der Waals surface area contributed by atoms with E-state index in [0.717, 1.165) is 23.3 Å². The molecule has 2 aromatic heterocycles. The van der Waals surface area contributed by atoms with Gasteiger partial charge in [-0.1, -0.05) is 12.1 Å². The maximum absolute atomic E-state index is 15.0. The second kappa shape index (κ2) is 11.9. The molecule has 12 heteroatoms. The predicted molar refractivity (Wildman–Crippen MR) is 168 cm³/mol. The standard InChI is InChI=1S/C34H33F2N5O5/c1-34(2,3)46-33(43)41-14-13-19-10-12-28(39-31(19)41)38-25-16-24(29-22(35)7-6-8-23(29)36)37-26-18-40(32(42)30(25)26)17-20-9-11-21(44-4)15-27(20)45-5/h6-12,15-16H,13-14,17-18H2,1-5H3,(H,37,38,39). The smallest absolute Gasteiger partial charge is 0.416 e. The van der Waals surface area contributed by atoms with Crippen molar-refractivity contribution in [1.82, 2.24) is 14.9 Å². The number of hydrogen-bond donors (Lipinski definition) is 1. The third kappa shape index (κ3) is 5.90. The van der Waals surface area contributed by atoms with Crippen LogP contribution in [0.3, 0.4) is 0 Å². The number of halogens is 2. The van der Waals surface area contributed by atoms with E-state index in [0.29, 0.717) is 41.8 Å². The minimum absolute atomic E-state index is 0.0186. The van der Waals surface area contributed by atoms with Crippen molar-refractivity contribution in [2.75, 3.05) is 31.0 Å². The molecule has 2 aliphatic heterocycles. The van der Waals surface area contributed by atoms with E-state index in [-0.39, 0.29) is 41.5 Å². The monoisotopic (exact) mass is 629 g/mol. The van der Waals surface area contributed by atoms with Crippen LogP contribution in [-0.4, -0.2) is 53.2 Å². The highest BCUT2D eigenvalue weighted by Crippen LogP contribution is 2.38. The summed E-state index contributed by atoms with van der Waals surface area (Å²) in [7, 11) is 3.08. The lowest BCUT2D eigenvalue weighted by molar-refractivity contribution is 0.0582. The van der Waals surface area contributed by atoms with Crippen LogP contribution in [0.1, 0.15) is 48.0 Å². The number of rotatable bonds is 7. The summed E-state index contributed by atoms with van der Waals surface area (Å²) >= 11 is 0. The summed E-state index contributed by atoms with van der Waals surface area (Å²) in [6.45, 7) is 6.05. The maximum Gasteiger partial charge on any atom is 0.416 e. The highest BCUT2D eigenvalue weighted by atomic mass is 19.1. The number of anilines is 3. The van der Waals surface area contributed by atoms with E-state index in [1.807, 2.05) is 12.1 Å². The quantitative estimate of drug-likeness (QED) is 0.243. The summed E-state index contributed by atoms with van der Waals surface area (Å²) in [5.74, 6) is 0.00161. The number of carbonyl (C=O) groups is 2. The Labute approximate surface area is 264 Å². The fraction of sp³-hybridized carbons (Fsp3) is 0.294. The zero-order valence-corrected chi connectivity index (χ0v) is 26.1. The molecule has 0 atom stereocenters. The number of benzene rings is 2. The van der Waals surface area contributed by atoms with E-state index in [9.17, 15) is 18.4 Å². The molecule has 4 heterocycles. The topological polar surface area (TPSA) is 106 Å². The largest absolute Gasteiger partial charge is 0.497 e. The Bertz CT molecular complexity index is 1840. The molecule has 1 N–H and O–H groups in total. The summed E-state index contributed by atoms with van der Waals surface area (Å²) < 4.78 is 46.3. The molecule has 0 saturated heterocycles. The summed E-state index contributed by atoms with van der Waals surface area (Å²) in [5.41, 5.74) is 1.48. The number of aromatic nitrogens is 2. The fourth-order valence-electron chi connectivity index (χ4n) is 5.59. The molecule has 46 heavy (non-hydrogen) atoms. The van der Waals surface area contributed by atoms with Crippen molar-refractivity contribution in [2.24, 2.45) is 0 Å². The molecule has 6 rings (SSSR count). The Morgan fingerprint density at radius 2 is 1.74 bits per heavy atom. The van der Waals surface area contributed by atoms with Crippen LogP contribution in [0.25, 0.3) is 11.3 Å². The van der Waals surface area contributed by atoms with Crippen LogP contribution in [-0.2, 0) is 24.2 Å². The lowest BCUT2D eigenvalue weighted by Crippen LogP contribution is -2.36. The number of nitrogens with one attached hydrogen (secondary N) is 1. The second-order valence-corrected chi connectivity index (χ2v) is 12.0. The summed E-state index contributed by atoms with van der Waals surface area (Å²) in [4.78, 5) is 39.1. The average Bonchev–Trinajstić information content (AvgIpc) is 3.57. The molecular formula is C34H33F2N5O5. The van der Waals surface area contributed by atoms with Gasteiger partial charge in [-0.3, -0.25) is 9.69 Å². The zero-order valence-electron chi connectivity index (χ0n) is 26.1. The number of methoxy groups -OCH3 is 2. The third-order valence-electron chi connectivity index (χ3n) is 7.70. The minimum atomic E-state index is -0.786. The van der Waals surface area contributed by atoms with Crippen molar-refractivity contribution in [3.8, 4) is 22.8 Å². The predicted octanol–water partition coefficient (Wildman–Crippen LogP) is 6.64. The van der Waals surface area contributed by atoms with Crippen molar-refractivity contribution in [3.05, 3.63) is 88.6 Å². The fourth-order valence-corrected chi connectivity index (χ4v) is 5.59. The van der Waals surface area contributed by atoms with Gasteiger partial charge in [-0.2, -0.15) is 0 Å². The van der Waals surface area contributed by atoms with E-state index in [2.05, 4.69) is 15.3 Å². The number of ether oxygens (including phenoxy) is 3. The third-order valence-corrected chi connectivity index (χ3v) is 7.70. The van der Waals surface area contributed by atoms with E-state index in [4.69, 9.17) is 14.2 Å². The number of pyridine rings is 2. The summed E-state index contributed by atoms with van der Waals surface area (Å²) in [6.07, 6.45) is 0.0867. The van der Waals surface area contributed by atoms with Gasteiger partial charge in [0.2, 0.25) is 0 Å². The highest BCUT2D eigenvalue weighted by molar-refractivity contribution is 6.04. The van der Waals surface area contributed by atoms with Gasteiger partial charge in [0, 0.05) is 18.2 Å². The van der Waals surface area contributed by atoms with Crippen LogP contribution in [0.4, 0.5) is 30.9 Å². The highest BCUT2D eigenvalue weighted by Gasteiger charge is 2.35. The zero-order chi connectivity index (χ0) is 32.7. The van der Waals surface area contributed by atoms with Crippen molar-refractivity contribution >= 4 is 29.3 Å². The van der Waals surface area contributed by atoms with Crippen LogP contribution in [0.5, 0.6) is 11.5 Å². The molecule has 0 radical (unpaired) electrons. The molecule has 0 bridgehead atoms. The van der Waals surface area contributed by atoms with Gasteiger partial charge < -0.3 is 24.4 Å². The molecule has 10 nitrogen and oxygen atoms in total. The molecule has 2 aromatic carbocycles. The van der Waals surface area contributed by atoms with Crippen LogP contribution in [0.2, 0.25) is 0 Å². The number of fused-ring (bicyclic) bond motifs is 2. The Morgan fingerprint density at radius 1 is 0.978 bits per heavy atom. The van der Waals surface area contributed by atoms with Gasteiger partial charge >= 0.3 is 6.09 Å². The maximum atomic E-state index is 15.0. The van der Waals surface area contributed by atoms with Crippen molar-refractivity contribution in [1.29, 1.82) is 0 Å². The van der Waals surface area contributed by atoms with E-state index in [1.165, 1.54) is 24.1 Å². The van der Waals surface area contributed by atoms with Gasteiger partial charge in [-0.15, -0.1) is 0 Å². The molecule has 4 aromatic rings. The number of carbonyl (C=O) groups excluding carboxylic acids is 2. The Hall–Kier alpha value is -5.26. The molecule has 2 amide bonds. The molecule has 0 aliphatic carbocycles. The average molecular weight is 630 g/mol. The first-order valence-corrected chi connectivity index (χ1v) is 14.7. The van der Waals surface area contributed by atoms with E-state index >= 15 is 0 Å². The molecule has 0 unspecified atom stereocenters. The van der Waals surface area contributed by atoms with Crippen LogP contribution >= 0.6 is 0 Å². The summed E-state index contributed by atoms with van der Waals surface area (Å²) in [5, 5.41) is 3.18.